The topological polar surface area (TPSA) is 55.6 Å². The van der Waals surface area contributed by atoms with Crippen LogP contribution in [-0.2, 0) is 20.1 Å². The van der Waals surface area contributed by atoms with E-state index in [-0.39, 0.29) is 5.82 Å². The molecule has 5 nitrogen and oxygen atoms in total. The maximum atomic E-state index is 13.4. The Kier molecular flexibility index (Phi) is 3.80. The van der Waals surface area contributed by atoms with Crippen LogP contribution in [0.2, 0.25) is 0 Å². The summed E-state index contributed by atoms with van der Waals surface area (Å²) in [5.74, 6) is 0.357. The number of halogens is 2. The van der Waals surface area contributed by atoms with E-state index in [4.69, 9.17) is 0 Å². The van der Waals surface area contributed by atoms with Crippen molar-refractivity contribution in [2.45, 2.75) is 13.1 Å². The van der Waals surface area contributed by atoms with E-state index < -0.39 is 0 Å². The van der Waals surface area contributed by atoms with Crippen LogP contribution < -0.4 is 5.32 Å². The van der Waals surface area contributed by atoms with Crippen LogP contribution in [0.4, 0.5) is 4.39 Å². The zero-order chi connectivity index (χ0) is 12.3. The molecule has 0 aliphatic heterocycles. The molecule has 0 aliphatic rings. The summed E-state index contributed by atoms with van der Waals surface area (Å²) in [4.78, 5) is 1.39. The Labute approximate surface area is 106 Å². The van der Waals surface area contributed by atoms with E-state index in [9.17, 15) is 4.39 Å². The number of benzene rings is 1. The molecule has 0 spiro atoms. The summed E-state index contributed by atoms with van der Waals surface area (Å²) in [6, 6.07) is 4.84. The van der Waals surface area contributed by atoms with Gasteiger partial charge in [0.1, 0.15) is 5.82 Å². The fraction of sp³-hybridized carbons (Fsp3) is 0.300. The Balaban J connectivity index is 1.91. The van der Waals surface area contributed by atoms with Gasteiger partial charge in [-0.3, -0.25) is 0 Å². The van der Waals surface area contributed by atoms with E-state index in [0.717, 1.165) is 4.47 Å². The maximum absolute atomic E-state index is 13.4. The summed E-state index contributed by atoms with van der Waals surface area (Å²) in [6.45, 7) is 0.878. The molecule has 0 unspecified atom stereocenters. The third-order valence-electron chi connectivity index (χ3n) is 2.16. The molecule has 2 aromatic rings. The van der Waals surface area contributed by atoms with Gasteiger partial charge in [-0.2, -0.15) is 4.80 Å². The van der Waals surface area contributed by atoms with Crippen molar-refractivity contribution in [3.05, 3.63) is 39.9 Å². The van der Waals surface area contributed by atoms with Gasteiger partial charge in [-0.15, -0.1) is 10.2 Å². The van der Waals surface area contributed by atoms with Crippen molar-refractivity contribution in [3.8, 4) is 0 Å². The van der Waals surface area contributed by atoms with Gasteiger partial charge >= 0.3 is 0 Å². The summed E-state index contributed by atoms with van der Waals surface area (Å²) in [5, 5.41) is 14.6. The SMILES string of the molecule is Cn1nnc(CNCc2cc(Br)ccc2F)n1. The van der Waals surface area contributed by atoms with Gasteiger partial charge in [0.05, 0.1) is 13.6 Å². The molecule has 1 aromatic carbocycles. The van der Waals surface area contributed by atoms with Gasteiger partial charge in [0.2, 0.25) is 0 Å². The van der Waals surface area contributed by atoms with Gasteiger partial charge in [0, 0.05) is 16.6 Å². The monoisotopic (exact) mass is 299 g/mol. The molecule has 0 saturated carbocycles. The second-order valence-corrected chi connectivity index (χ2v) is 4.45. The van der Waals surface area contributed by atoms with Crippen molar-refractivity contribution in [2.24, 2.45) is 7.05 Å². The number of hydrogen-bond donors (Lipinski definition) is 1. The van der Waals surface area contributed by atoms with Crippen LogP contribution in [0.25, 0.3) is 0 Å². The minimum absolute atomic E-state index is 0.229. The second kappa shape index (κ2) is 5.33. The van der Waals surface area contributed by atoms with E-state index in [1.165, 1.54) is 10.9 Å². The van der Waals surface area contributed by atoms with Crippen LogP contribution in [0, 0.1) is 5.82 Å². The number of aryl methyl sites for hydroxylation is 1. The second-order valence-electron chi connectivity index (χ2n) is 3.53. The molecule has 1 aromatic heterocycles. The van der Waals surface area contributed by atoms with Gasteiger partial charge in [0.15, 0.2) is 5.82 Å². The van der Waals surface area contributed by atoms with Crippen molar-refractivity contribution in [1.82, 2.24) is 25.5 Å². The van der Waals surface area contributed by atoms with Crippen LogP contribution in [0.15, 0.2) is 22.7 Å². The number of nitrogens with zero attached hydrogens (tertiary/aromatic N) is 4. The zero-order valence-corrected chi connectivity index (χ0v) is 10.8. The van der Waals surface area contributed by atoms with Gasteiger partial charge in [-0.1, -0.05) is 15.9 Å². The predicted octanol–water partition coefficient (Wildman–Crippen LogP) is 1.40. The molecule has 17 heavy (non-hydrogen) atoms. The lowest BCUT2D eigenvalue weighted by atomic mass is 10.2. The molecule has 0 fully saturated rings. The van der Waals surface area contributed by atoms with Crippen molar-refractivity contribution >= 4 is 15.9 Å². The molecule has 0 saturated heterocycles. The Bertz CT molecular complexity index is 513. The summed E-state index contributed by atoms with van der Waals surface area (Å²) in [6.07, 6.45) is 0. The lowest BCUT2D eigenvalue weighted by Crippen LogP contribution is -2.15. The van der Waals surface area contributed by atoms with Crippen LogP contribution in [0.5, 0.6) is 0 Å². The zero-order valence-electron chi connectivity index (χ0n) is 9.19. The van der Waals surface area contributed by atoms with Crippen molar-refractivity contribution in [2.75, 3.05) is 0 Å². The molecular formula is C10H11BrFN5. The molecule has 0 radical (unpaired) electrons. The Hall–Kier alpha value is -1.34. The lowest BCUT2D eigenvalue weighted by molar-refractivity contribution is 0.580. The quantitative estimate of drug-likeness (QED) is 0.927. The van der Waals surface area contributed by atoms with Gasteiger partial charge in [-0.25, -0.2) is 4.39 Å². The molecule has 1 N–H and O–H groups in total. The highest BCUT2D eigenvalue weighted by Crippen LogP contribution is 2.15. The van der Waals surface area contributed by atoms with E-state index in [2.05, 4.69) is 36.7 Å². The Morgan fingerprint density at radius 2 is 2.24 bits per heavy atom. The maximum Gasteiger partial charge on any atom is 0.188 e. The Morgan fingerprint density at radius 3 is 2.94 bits per heavy atom. The average molecular weight is 300 g/mol. The van der Waals surface area contributed by atoms with E-state index in [1.807, 2.05) is 0 Å². The first kappa shape index (κ1) is 12.1. The molecule has 90 valence electrons. The van der Waals surface area contributed by atoms with Crippen LogP contribution in [0.3, 0.4) is 0 Å². The lowest BCUT2D eigenvalue weighted by Gasteiger charge is -2.04. The predicted molar refractivity (Wildman–Crippen MR) is 63.4 cm³/mol. The molecule has 0 amide bonds. The first-order valence-corrected chi connectivity index (χ1v) is 5.82. The smallest absolute Gasteiger partial charge is 0.188 e. The number of nitrogens with one attached hydrogen (secondary N) is 1. The number of hydrogen-bond acceptors (Lipinski definition) is 4. The Morgan fingerprint density at radius 1 is 1.41 bits per heavy atom. The van der Waals surface area contributed by atoms with Gasteiger partial charge in [-0.05, 0) is 23.4 Å². The summed E-state index contributed by atoms with van der Waals surface area (Å²) >= 11 is 3.30. The van der Waals surface area contributed by atoms with E-state index in [1.54, 1.807) is 19.2 Å². The van der Waals surface area contributed by atoms with Crippen LogP contribution in [0.1, 0.15) is 11.4 Å². The number of rotatable bonds is 4. The number of aromatic nitrogens is 4. The summed E-state index contributed by atoms with van der Waals surface area (Å²) in [5.41, 5.74) is 0.600. The largest absolute Gasteiger partial charge is 0.305 e. The standard InChI is InChI=1S/C10H11BrFN5/c1-17-15-10(14-16-17)6-13-5-7-4-8(11)2-3-9(7)12/h2-4,13H,5-6H2,1H3. The highest BCUT2D eigenvalue weighted by atomic mass is 79.9. The molecule has 2 rings (SSSR count). The molecule has 7 heteroatoms. The average Bonchev–Trinajstić information content (AvgIpc) is 2.69. The summed E-state index contributed by atoms with van der Waals surface area (Å²) in [7, 11) is 1.70. The third-order valence-corrected chi connectivity index (χ3v) is 2.65. The molecular weight excluding hydrogens is 289 g/mol. The minimum atomic E-state index is -0.229. The first-order chi connectivity index (χ1) is 8.15. The molecule has 1 heterocycles. The summed E-state index contributed by atoms with van der Waals surface area (Å²) < 4.78 is 14.2. The first-order valence-electron chi connectivity index (χ1n) is 5.02. The van der Waals surface area contributed by atoms with Crippen LogP contribution >= 0.6 is 15.9 Å². The van der Waals surface area contributed by atoms with E-state index in [0.29, 0.717) is 24.5 Å². The van der Waals surface area contributed by atoms with Crippen molar-refractivity contribution in [3.63, 3.8) is 0 Å². The normalized spacial score (nSPS) is 10.8. The fourth-order valence-corrected chi connectivity index (χ4v) is 1.79. The minimum Gasteiger partial charge on any atom is -0.305 e. The van der Waals surface area contributed by atoms with Crippen LogP contribution in [-0.4, -0.2) is 20.2 Å². The fourth-order valence-electron chi connectivity index (χ4n) is 1.38. The molecule has 0 aliphatic carbocycles. The highest BCUT2D eigenvalue weighted by molar-refractivity contribution is 9.10. The van der Waals surface area contributed by atoms with Gasteiger partial charge in [0.25, 0.3) is 0 Å². The van der Waals surface area contributed by atoms with Gasteiger partial charge < -0.3 is 5.32 Å². The number of tetrazole rings is 1. The van der Waals surface area contributed by atoms with E-state index >= 15 is 0 Å². The molecule has 0 bridgehead atoms. The highest BCUT2D eigenvalue weighted by Gasteiger charge is 2.04. The third kappa shape index (κ3) is 3.31. The molecule has 0 atom stereocenters. The van der Waals surface area contributed by atoms with Crippen molar-refractivity contribution < 1.29 is 4.39 Å². The van der Waals surface area contributed by atoms with Crippen molar-refractivity contribution in [1.29, 1.82) is 0 Å².